The number of allylic oxidation sites excluding steroid dienone is 1. The van der Waals surface area contributed by atoms with Crippen LogP contribution in [0.5, 0.6) is 0 Å². The summed E-state index contributed by atoms with van der Waals surface area (Å²) in [5.41, 5.74) is 0.907. The van der Waals surface area contributed by atoms with Crippen molar-refractivity contribution in [2.75, 3.05) is 0 Å². The number of hydrogen-bond acceptors (Lipinski definition) is 4. The summed E-state index contributed by atoms with van der Waals surface area (Å²) < 4.78 is 0. The minimum atomic E-state index is -1.67. The summed E-state index contributed by atoms with van der Waals surface area (Å²) in [5, 5.41) is 25.4. The largest absolute Gasteiger partial charge is 0.480 e. The van der Waals surface area contributed by atoms with Gasteiger partial charge in [0.05, 0.1) is 6.04 Å². The van der Waals surface area contributed by atoms with E-state index in [9.17, 15) is 24.6 Å². The van der Waals surface area contributed by atoms with Crippen molar-refractivity contribution in [3.05, 3.63) is 84.4 Å². The van der Waals surface area contributed by atoms with E-state index in [0.717, 1.165) is 25.7 Å². The average molecular weight is 453 g/mol. The zero-order chi connectivity index (χ0) is 24.1. The molecule has 2 aromatic carbocycles. The van der Waals surface area contributed by atoms with E-state index in [1.165, 1.54) is 0 Å². The number of hydrogen-bond donors (Lipinski definition) is 4. The second-order valence-electron chi connectivity index (χ2n) is 7.85. The van der Waals surface area contributed by atoms with E-state index in [1.807, 2.05) is 6.08 Å². The Labute approximate surface area is 194 Å². The summed E-state index contributed by atoms with van der Waals surface area (Å²) >= 11 is 0. The van der Waals surface area contributed by atoms with Gasteiger partial charge in [0, 0.05) is 5.56 Å². The van der Waals surface area contributed by atoms with Crippen LogP contribution in [0.25, 0.3) is 0 Å². The predicted molar refractivity (Wildman–Crippen MR) is 127 cm³/mol. The Morgan fingerprint density at radius 3 is 2.09 bits per heavy atom. The molecule has 0 aliphatic rings. The smallest absolute Gasteiger partial charge is 0.326 e. The van der Waals surface area contributed by atoms with Gasteiger partial charge in [0.1, 0.15) is 6.04 Å². The van der Waals surface area contributed by atoms with Crippen molar-refractivity contribution in [2.45, 2.75) is 56.7 Å². The van der Waals surface area contributed by atoms with Gasteiger partial charge in [0.25, 0.3) is 11.8 Å². The van der Waals surface area contributed by atoms with Gasteiger partial charge in [-0.3, -0.25) is 9.59 Å². The zero-order valence-electron chi connectivity index (χ0n) is 18.7. The summed E-state index contributed by atoms with van der Waals surface area (Å²) in [4.78, 5) is 37.1. The molecule has 0 saturated heterocycles. The average Bonchev–Trinajstić information content (AvgIpc) is 2.84. The van der Waals surface area contributed by atoms with Crippen LogP contribution < -0.4 is 10.6 Å². The lowest BCUT2D eigenvalue weighted by molar-refractivity contribution is -0.144. The first-order chi connectivity index (χ1) is 15.9. The minimum absolute atomic E-state index is 0.258. The van der Waals surface area contributed by atoms with Crippen molar-refractivity contribution >= 4 is 17.8 Å². The molecule has 2 amide bonds. The summed E-state index contributed by atoms with van der Waals surface area (Å²) in [6, 6.07) is 14.9. The van der Waals surface area contributed by atoms with Gasteiger partial charge in [-0.15, -0.1) is 6.58 Å². The maximum Gasteiger partial charge on any atom is 0.326 e. The number of unbranched alkanes of at least 4 members (excludes halogenated alkanes) is 4. The number of carboxylic acids is 1. The Morgan fingerprint density at radius 1 is 0.879 bits per heavy atom. The molecule has 2 aromatic rings. The van der Waals surface area contributed by atoms with Crippen LogP contribution >= 0.6 is 0 Å². The van der Waals surface area contributed by atoms with Gasteiger partial charge in [0.2, 0.25) is 0 Å². The molecule has 0 bridgehead atoms. The minimum Gasteiger partial charge on any atom is -0.480 e. The van der Waals surface area contributed by atoms with Gasteiger partial charge in [-0.1, -0.05) is 73.9 Å². The maximum atomic E-state index is 12.8. The van der Waals surface area contributed by atoms with E-state index < -0.39 is 36.0 Å². The molecule has 0 aliphatic heterocycles. The van der Waals surface area contributed by atoms with Gasteiger partial charge in [-0.25, -0.2) is 4.79 Å². The van der Waals surface area contributed by atoms with Crippen molar-refractivity contribution in [3.8, 4) is 0 Å². The third-order valence-corrected chi connectivity index (χ3v) is 5.33. The van der Waals surface area contributed by atoms with Crippen LogP contribution in [-0.2, 0) is 9.59 Å². The second kappa shape index (κ2) is 13.9. The third kappa shape index (κ3) is 8.54. The number of rotatable bonds is 14. The van der Waals surface area contributed by atoms with E-state index >= 15 is 0 Å². The number of aliphatic hydroxyl groups excluding tert-OH is 1. The molecule has 0 unspecified atom stereocenters. The van der Waals surface area contributed by atoms with Crippen LogP contribution in [0.2, 0.25) is 0 Å². The molecule has 4 N–H and O–H groups in total. The Hall–Kier alpha value is -3.45. The number of carbonyl (C=O) groups is 3. The highest BCUT2D eigenvalue weighted by Gasteiger charge is 2.32. The van der Waals surface area contributed by atoms with Crippen molar-refractivity contribution in [2.24, 2.45) is 0 Å². The highest BCUT2D eigenvalue weighted by molar-refractivity contribution is 5.95. The second-order valence-corrected chi connectivity index (χ2v) is 7.85. The monoisotopic (exact) mass is 452 g/mol. The van der Waals surface area contributed by atoms with E-state index in [2.05, 4.69) is 17.2 Å². The summed E-state index contributed by atoms with van der Waals surface area (Å²) in [6.45, 7) is 3.68. The normalized spacial score (nSPS) is 13.4. The van der Waals surface area contributed by atoms with Crippen LogP contribution in [0.1, 0.15) is 60.5 Å². The Kier molecular flexibility index (Phi) is 10.8. The fourth-order valence-corrected chi connectivity index (χ4v) is 3.48. The molecule has 7 heteroatoms. The topological polar surface area (TPSA) is 116 Å². The first kappa shape index (κ1) is 25.8. The number of carbonyl (C=O) groups excluding carboxylic acids is 2. The molecule has 176 valence electrons. The number of aliphatic hydroxyl groups is 1. The lowest BCUT2D eigenvalue weighted by Crippen LogP contribution is -2.50. The first-order valence-electron chi connectivity index (χ1n) is 11.2. The van der Waals surface area contributed by atoms with Crippen LogP contribution in [0.4, 0.5) is 0 Å². The highest BCUT2D eigenvalue weighted by Crippen LogP contribution is 2.19. The van der Waals surface area contributed by atoms with E-state index in [0.29, 0.717) is 17.5 Å². The molecule has 3 atom stereocenters. The fraction of sp³-hybridized carbons (Fsp3) is 0.346. The highest BCUT2D eigenvalue weighted by atomic mass is 16.4. The number of aliphatic carboxylic acids is 1. The third-order valence-electron chi connectivity index (χ3n) is 5.33. The molecule has 7 nitrogen and oxygen atoms in total. The molecular formula is C26H32N2O5. The molecule has 33 heavy (non-hydrogen) atoms. The molecular weight excluding hydrogens is 420 g/mol. The lowest BCUT2D eigenvalue weighted by Gasteiger charge is -2.25. The van der Waals surface area contributed by atoms with Crippen molar-refractivity contribution in [3.63, 3.8) is 0 Å². The van der Waals surface area contributed by atoms with Gasteiger partial charge in [-0.2, -0.15) is 0 Å². The van der Waals surface area contributed by atoms with Gasteiger partial charge in [-0.05, 0) is 37.0 Å². The number of carboxylic acid groups (broad SMARTS) is 1. The van der Waals surface area contributed by atoms with Gasteiger partial charge in [0.15, 0.2) is 6.10 Å². The Balaban J connectivity index is 2.06. The van der Waals surface area contributed by atoms with Gasteiger partial charge < -0.3 is 20.8 Å². The molecule has 0 fully saturated rings. The van der Waals surface area contributed by atoms with E-state index in [4.69, 9.17) is 0 Å². The van der Waals surface area contributed by atoms with Crippen LogP contribution in [0, 0.1) is 0 Å². The maximum absolute atomic E-state index is 12.8. The quantitative estimate of drug-likeness (QED) is 0.258. The van der Waals surface area contributed by atoms with Crippen LogP contribution in [0.3, 0.4) is 0 Å². The molecule has 0 radical (unpaired) electrons. The summed E-state index contributed by atoms with van der Waals surface area (Å²) in [5.74, 6) is -2.46. The number of benzene rings is 2. The molecule has 0 heterocycles. The Bertz CT molecular complexity index is 901. The van der Waals surface area contributed by atoms with Crippen molar-refractivity contribution in [1.82, 2.24) is 10.6 Å². The lowest BCUT2D eigenvalue weighted by atomic mass is 9.99. The molecule has 0 aliphatic carbocycles. The molecule has 0 aromatic heterocycles. The van der Waals surface area contributed by atoms with E-state index in [-0.39, 0.29) is 6.42 Å². The van der Waals surface area contributed by atoms with Crippen molar-refractivity contribution < 1.29 is 24.6 Å². The standard InChI is InChI=1S/C26H32N2O5/c1-2-3-4-5-6-13-18-21(26(32)33)27-25(31)23(29)22(19-14-9-7-10-15-19)28-24(30)20-16-11-8-12-17-20/h2,7-12,14-17,21-23,29H,1,3-6,13,18H2,(H,27,31)(H,28,30)(H,32,33)/t21-,22-,23+/m0/s1. The van der Waals surface area contributed by atoms with E-state index in [1.54, 1.807) is 60.7 Å². The molecule has 0 saturated carbocycles. The summed E-state index contributed by atoms with van der Waals surface area (Å²) in [7, 11) is 0. The van der Waals surface area contributed by atoms with Crippen LogP contribution in [-0.4, -0.2) is 40.1 Å². The first-order valence-corrected chi connectivity index (χ1v) is 11.2. The van der Waals surface area contributed by atoms with Gasteiger partial charge >= 0.3 is 5.97 Å². The summed E-state index contributed by atoms with van der Waals surface area (Å²) in [6.07, 6.45) is 4.78. The van der Waals surface area contributed by atoms with Crippen LogP contribution in [0.15, 0.2) is 73.3 Å². The fourth-order valence-electron chi connectivity index (χ4n) is 3.48. The number of amides is 2. The zero-order valence-corrected chi connectivity index (χ0v) is 18.7. The SMILES string of the molecule is C=CCCCCCC[C@H](NC(=O)[C@H](O)[C@@H](NC(=O)c1ccccc1)c1ccccc1)C(=O)O. The number of nitrogens with one attached hydrogen (secondary N) is 2. The molecule has 0 spiro atoms. The van der Waals surface area contributed by atoms with Crippen molar-refractivity contribution in [1.29, 1.82) is 0 Å². The molecule has 2 rings (SSSR count). The Morgan fingerprint density at radius 2 is 1.48 bits per heavy atom. The predicted octanol–water partition coefficient (Wildman–Crippen LogP) is 3.61.